The minimum Gasteiger partial charge on any atom is -0.493 e. The molecule has 0 unspecified atom stereocenters. The van der Waals surface area contributed by atoms with E-state index in [0.29, 0.717) is 0 Å². The van der Waals surface area contributed by atoms with E-state index in [9.17, 15) is 14.9 Å². The van der Waals surface area contributed by atoms with E-state index in [1.54, 1.807) is 20.8 Å². The number of methoxy groups -OCH3 is 1. The van der Waals surface area contributed by atoms with Gasteiger partial charge in [0.1, 0.15) is 5.60 Å². The summed E-state index contributed by atoms with van der Waals surface area (Å²) in [6, 6.07) is 3.87. The van der Waals surface area contributed by atoms with Crippen LogP contribution in [0.15, 0.2) is 18.2 Å². The van der Waals surface area contributed by atoms with Gasteiger partial charge in [0.2, 0.25) is 0 Å². The number of hydrogen-bond acceptors (Lipinski definition) is 6. The Kier molecular flexibility index (Phi) is 4.90. The minimum atomic E-state index is -0.597. The summed E-state index contributed by atoms with van der Waals surface area (Å²) in [4.78, 5) is 21.6. The number of benzene rings is 1. The topological polar surface area (TPSA) is 87.9 Å². The van der Waals surface area contributed by atoms with E-state index >= 15 is 0 Å². The maximum absolute atomic E-state index is 11.5. The third-order valence-corrected chi connectivity index (χ3v) is 2.12. The van der Waals surface area contributed by atoms with Gasteiger partial charge in [-0.2, -0.15) is 0 Å². The van der Waals surface area contributed by atoms with Crippen molar-refractivity contribution in [3.05, 3.63) is 28.3 Å². The summed E-state index contributed by atoms with van der Waals surface area (Å²) in [7, 11) is 1.36. The molecule has 1 rings (SSSR count). The Morgan fingerprint density at radius 3 is 2.45 bits per heavy atom. The first kappa shape index (κ1) is 15.7. The standard InChI is InChI=1S/C13H17NO6/c1-13(2,3)20-12(15)8-19-10-6-5-9(14(16)17)7-11(10)18-4/h5-7H,8H2,1-4H3. The number of ether oxygens (including phenoxy) is 3. The molecule has 110 valence electrons. The number of carbonyl (C=O) groups excluding carboxylic acids is 1. The number of nitro benzene ring substituents is 1. The van der Waals surface area contributed by atoms with Crippen LogP contribution < -0.4 is 9.47 Å². The molecule has 0 saturated heterocycles. The summed E-state index contributed by atoms with van der Waals surface area (Å²) >= 11 is 0. The molecule has 0 atom stereocenters. The van der Waals surface area contributed by atoms with Crippen molar-refractivity contribution in [3.63, 3.8) is 0 Å². The highest BCUT2D eigenvalue weighted by Crippen LogP contribution is 2.31. The molecule has 0 aromatic heterocycles. The lowest BCUT2D eigenvalue weighted by atomic mass is 10.2. The molecule has 0 bridgehead atoms. The van der Waals surface area contributed by atoms with Crippen LogP contribution in [0.4, 0.5) is 5.69 Å². The van der Waals surface area contributed by atoms with Gasteiger partial charge >= 0.3 is 5.97 Å². The van der Waals surface area contributed by atoms with Crippen LogP contribution in [0, 0.1) is 10.1 Å². The van der Waals surface area contributed by atoms with Crippen LogP contribution in [0.1, 0.15) is 20.8 Å². The summed E-state index contributed by atoms with van der Waals surface area (Å²) < 4.78 is 15.3. The maximum Gasteiger partial charge on any atom is 0.344 e. The molecule has 20 heavy (non-hydrogen) atoms. The molecule has 1 aromatic carbocycles. The Labute approximate surface area is 116 Å². The maximum atomic E-state index is 11.5. The average molecular weight is 283 g/mol. The number of carbonyl (C=O) groups is 1. The van der Waals surface area contributed by atoms with Crippen LogP contribution in [0.2, 0.25) is 0 Å². The molecule has 0 amide bonds. The van der Waals surface area contributed by atoms with Gasteiger partial charge in [-0.25, -0.2) is 4.79 Å². The van der Waals surface area contributed by atoms with Gasteiger partial charge in [-0.05, 0) is 26.8 Å². The highest BCUT2D eigenvalue weighted by Gasteiger charge is 2.18. The lowest BCUT2D eigenvalue weighted by Gasteiger charge is -2.19. The lowest BCUT2D eigenvalue weighted by Crippen LogP contribution is -2.27. The minimum absolute atomic E-state index is 0.119. The fraction of sp³-hybridized carbons (Fsp3) is 0.462. The van der Waals surface area contributed by atoms with Crippen molar-refractivity contribution in [1.29, 1.82) is 0 Å². The number of nitrogens with zero attached hydrogens (tertiary/aromatic N) is 1. The molecule has 0 spiro atoms. The molecule has 0 aliphatic carbocycles. The van der Waals surface area contributed by atoms with Crippen molar-refractivity contribution in [2.24, 2.45) is 0 Å². The SMILES string of the molecule is COc1cc([N+](=O)[O-])ccc1OCC(=O)OC(C)(C)C. The molecule has 0 aliphatic rings. The Balaban J connectivity index is 2.73. The van der Waals surface area contributed by atoms with Gasteiger partial charge in [-0.1, -0.05) is 0 Å². The van der Waals surface area contributed by atoms with E-state index in [1.165, 1.54) is 25.3 Å². The lowest BCUT2D eigenvalue weighted by molar-refractivity contribution is -0.384. The van der Waals surface area contributed by atoms with Gasteiger partial charge in [0.05, 0.1) is 18.1 Å². The normalized spacial score (nSPS) is 10.8. The molecule has 1 aromatic rings. The van der Waals surface area contributed by atoms with Crippen molar-refractivity contribution in [2.75, 3.05) is 13.7 Å². The van der Waals surface area contributed by atoms with Gasteiger partial charge in [-0.15, -0.1) is 0 Å². The van der Waals surface area contributed by atoms with Crippen molar-refractivity contribution >= 4 is 11.7 Å². The number of esters is 1. The smallest absolute Gasteiger partial charge is 0.344 e. The van der Waals surface area contributed by atoms with Crippen LogP contribution in [0.5, 0.6) is 11.5 Å². The third-order valence-electron chi connectivity index (χ3n) is 2.12. The fourth-order valence-electron chi connectivity index (χ4n) is 1.40. The zero-order valence-electron chi connectivity index (χ0n) is 11.8. The first-order chi connectivity index (χ1) is 9.23. The largest absolute Gasteiger partial charge is 0.493 e. The molecule has 0 aliphatic heterocycles. The summed E-state index contributed by atoms with van der Waals surface area (Å²) in [5, 5.41) is 10.6. The zero-order chi connectivity index (χ0) is 15.3. The molecular weight excluding hydrogens is 266 g/mol. The second-order valence-corrected chi connectivity index (χ2v) is 4.97. The third kappa shape index (κ3) is 4.75. The highest BCUT2D eigenvalue weighted by atomic mass is 16.6. The molecule has 0 fully saturated rings. The number of hydrogen-bond donors (Lipinski definition) is 0. The Hall–Kier alpha value is -2.31. The van der Waals surface area contributed by atoms with E-state index in [0.717, 1.165) is 0 Å². The van der Waals surface area contributed by atoms with E-state index in [1.807, 2.05) is 0 Å². The molecule has 7 heteroatoms. The number of rotatable bonds is 5. The van der Waals surface area contributed by atoms with E-state index in [4.69, 9.17) is 14.2 Å². The van der Waals surface area contributed by atoms with Gasteiger partial charge in [-0.3, -0.25) is 10.1 Å². The van der Waals surface area contributed by atoms with Crippen LogP contribution >= 0.6 is 0 Å². The van der Waals surface area contributed by atoms with Crippen LogP contribution in [0.25, 0.3) is 0 Å². The van der Waals surface area contributed by atoms with E-state index in [-0.39, 0.29) is 23.8 Å². The van der Waals surface area contributed by atoms with Gasteiger partial charge < -0.3 is 14.2 Å². The monoisotopic (exact) mass is 283 g/mol. The molecule has 0 radical (unpaired) electrons. The van der Waals surface area contributed by atoms with Crippen LogP contribution in [0.3, 0.4) is 0 Å². The quantitative estimate of drug-likeness (QED) is 0.468. The second-order valence-electron chi connectivity index (χ2n) is 4.97. The van der Waals surface area contributed by atoms with E-state index < -0.39 is 16.5 Å². The average Bonchev–Trinajstić information content (AvgIpc) is 2.33. The summed E-state index contributed by atoms with van der Waals surface area (Å²) in [5.41, 5.74) is -0.716. The van der Waals surface area contributed by atoms with Crippen LogP contribution in [-0.4, -0.2) is 30.2 Å². The first-order valence-corrected chi connectivity index (χ1v) is 5.90. The summed E-state index contributed by atoms with van der Waals surface area (Å²) in [6.07, 6.45) is 0. The van der Waals surface area contributed by atoms with Crippen molar-refractivity contribution < 1.29 is 23.9 Å². The highest BCUT2D eigenvalue weighted by molar-refractivity contribution is 5.71. The molecule has 0 heterocycles. The zero-order valence-corrected chi connectivity index (χ0v) is 11.8. The first-order valence-electron chi connectivity index (χ1n) is 5.90. The van der Waals surface area contributed by atoms with Crippen LogP contribution in [-0.2, 0) is 9.53 Å². The number of non-ortho nitro benzene ring substituents is 1. The molecule has 0 saturated carbocycles. The Morgan fingerprint density at radius 1 is 1.30 bits per heavy atom. The van der Waals surface area contributed by atoms with Crippen molar-refractivity contribution in [3.8, 4) is 11.5 Å². The van der Waals surface area contributed by atoms with E-state index in [2.05, 4.69) is 0 Å². The fourth-order valence-corrected chi connectivity index (χ4v) is 1.40. The predicted octanol–water partition coefficient (Wildman–Crippen LogP) is 2.32. The van der Waals surface area contributed by atoms with Gasteiger partial charge in [0.25, 0.3) is 5.69 Å². The summed E-state index contributed by atoms with van der Waals surface area (Å²) in [5.74, 6) is -0.107. The van der Waals surface area contributed by atoms with Crippen molar-refractivity contribution in [1.82, 2.24) is 0 Å². The predicted molar refractivity (Wildman–Crippen MR) is 71.0 cm³/mol. The number of nitro groups is 1. The Morgan fingerprint density at radius 2 is 1.95 bits per heavy atom. The molecule has 7 nitrogen and oxygen atoms in total. The molecular formula is C13H17NO6. The molecule has 0 N–H and O–H groups in total. The van der Waals surface area contributed by atoms with Gasteiger partial charge in [0.15, 0.2) is 18.1 Å². The van der Waals surface area contributed by atoms with Crippen molar-refractivity contribution in [2.45, 2.75) is 26.4 Å². The van der Waals surface area contributed by atoms with Gasteiger partial charge in [0, 0.05) is 6.07 Å². The summed E-state index contributed by atoms with van der Waals surface area (Å²) in [6.45, 7) is 4.94. The second kappa shape index (κ2) is 6.23. The Bertz CT molecular complexity index is 506.